The number of thiocarbonyl (C=S) groups is 1. The van der Waals surface area contributed by atoms with E-state index in [1.54, 1.807) is 25.1 Å². The van der Waals surface area contributed by atoms with Crippen molar-refractivity contribution in [1.82, 2.24) is 4.72 Å². The highest BCUT2D eigenvalue weighted by molar-refractivity contribution is 7.89. The van der Waals surface area contributed by atoms with Gasteiger partial charge in [0, 0.05) is 0 Å². The molecule has 1 aromatic rings. The molecule has 0 radical (unpaired) electrons. The van der Waals surface area contributed by atoms with E-state index < -0.39 is 15.6 Å². The first-order valence-corrected chi connectivity index (χ1v) is 9.05. The van der Waals surface area contributed by atoms with Crippen LogP contribution in [-0.4, -0.2) is 18.9 Å². The van der Waals surface area contributed by atoms with Crippen LogP contribution in [0.3, 0.4) is 0 Å². The summed E-state index contributed by atoms with van der Waals surface area (Å²) in [5, 5.41) is 0. The molecule has 0 saturated heterocycles. The Hall–Kier alpha value is -0.980. The fourth-order valence-corrected chi connectivity index (χ4v) is 4.83. The Balaban J connectivity index is 2.33. The second kappa shape index (κ2) is 6.02. The molecule has 1 aromatic carbocycles. The number of benzene rings is 1. The zero-order valence-corrected chi connectivity index (χ0v) is 14.1. The van der Waals surface area contributed by atoms with Crippen LogP contribution in [0, 0.1) is 12.8 Å². The van der Waals surface area contributed by atoms with E-state index in [0.29, 0.717) is 29.2 Å². The molecule has 1 aliphatic rings. The fourth-order valence-electron chi connectivity index (χ4n) is 2.82. The molecule has 0 bridgehead atoms. The molecule has 0 unspecified atom stereocenters. The van der Waals surface area contributed by atoms with Gasteiger partial charge < -0.3 is 5.73 Å². The lowest BCUT2D eigenvalue weighted by atomic mass is 9.78. The molecule has 0 aromatic heterocycles. The summed E-state index contributed by atoms with van der Waals surface area (Å²) in [5.74, 6) is 0.579. The predicted molar refractivity (Wildman–Crippen MR) is 88.6 cm³/mol. The number of hydrogen-bond acceptors (Lipinski definition) is 3. The molecule has 0 amide bonds. The minimum atomic E-state index is -3.63. The van der Waals surface area contributed by atoms with Gasteiger partial charge in [-0.1, -0.05) is 37.3 Å². The zero-order valence-electron chi connectivity index (χ0n) is 12.4. The first kappa shape index (κ1) is 16.4. The number of rotatable bonds is 4. The summed E-state index contributed by atoms with van der Waals surface area (Å²) >= 11 is 5.17. The Morgan fingerprint density at radius 1 is 1.33 bits per heavy atom. The van der Waals surface area contributed by atoms with Gasteiger partial charge in [0.25, 0.3) is 0 Å². The maximum atomic E-state index is 12.7. The Kier molecular flexibility index (Phi) is 4.70. The summed E-state index contributed by atoms with van der Waals surface area (Å²) in [6, 6.07) is 6.93. The highest BCUT2D eigenvalue weighted by Crippen LogP contribution is 2.33. The van der Waals surface area contributed by atoms with Crippen LogP contribution in [0.2, 0.25) is 0 Å². The van der Waals surface area contributed by atoms with Crippen LogP contribution in [-0.2, 0) is 10.0 Å². The van der Waals surface area contributed by atoms with E-state index in [1.165, 1.54) is 0 Å². The van der Waals surface area contributed by atoms with E-state index in [9.17, 15) is 8.42 Å². The van der Waals surface area contributed by atoms with Crippen LogP contribution in [0.25, 0.3) is 0 Å². The minimum absolute atomic E-state index is 0.242. The molecule has 6 heteroatoms. The lowest BCUT2D eigenvalue weighted by Gasteiger charge is -2.39. The first-order valence-electron chi connectivity index (χ1n) is 7.16. The number of hydrogen-bond donors (Lipinski definition) is 2. The van der Waals surface area contributed by atoms with E-state index in [-0.39, 0.29) is 4.99 Å². The smallest absolute Gasteiger partial charge is 0.241 e. The molecule has 116 valence electrons. The second-order valence-corrected chi connectivity index (χ2v) is 8.09. The highest BCUT2D eigenvalue weighted by atomic mass is 32.2. The molecule has 0 atom stereocenters. The van der Waals surface area contributed by atoms with Crippen LogP contribution in [0.15, 0.2) is 29.2 Å². The van der Waals surface area contributed by atoms with Gasteiger partial charge in [0.2, 0.25) is 10.0 Å². The Labute approximate surface area is 132 Å². The van der Waals surface area contributed by atoms with Crippen molar-refractivity contribution in [2.45, 2.75) is 50.0 Å². The molecule has 1 fully saturated rings. The monoisotopic (exact) mass is 326 g/mol. The standard InChI is InChI=1S/C15H22N2O2S2/c1-11-7-9-15(10-8-11,14(16)20)17-21(18,19)13-6-4-3-5-12(13)2/h3-6,11,17H,7-10H2,1-2H3,(H2,16,20). The van der Waals surface area contributed by atoms with Gasteiger partial charge in [0.15, 0.2) is 0 Å². The lowest BCUT2D eigenvalue weighted by Crippen LogP contribution is -2.58. The third kappa shape index (κ3) is 3.44. The van der Waals surface area contributed by atoms with E-state index in [1.807, 2.05) is 6.07 Å². The molecule has 0 aliphatic heterocycles. The third-order valence-corrected chi connectivity index (χ3v) is 6.40. The topological polar surface area (TPSA) is 72.2 Å². The molecule has 2 rings (SSSR count). The third-order valence-electron chi connectivity index (χ3n) is 4.31. The normalized spacial score (nSPS) is 26.5. The van der Waals surface area contributed by atoms with Crippen molar-refractivity contribution in [3.8, 4) is 0 Å². The summed E-state index contributed by atoms with van der Waals surface area (Å²) in [7, 11) is -3.63. The Morgan fingerprint density at radius 2 is 1.90 bits per heavy atom. The van der Waals surface area contributed by atoms with Gasteiger partial charge in [-0.3, -0.25) is 0 Å². The summed E-state index contributed by atoms with van der Waals surface area (Å²) in [6.07, 6.45) is 3.17. The number of sulfonamides is 1. The van der Waals surface area contributed by atoms with Crippen molar-refractivity contribution < 1.29 is 8.42 Å². The van der Waals surface area contributed by atoms with Gasteiger partial charge in [-0.25, -0.2) is 8.42 Å². The quantitative estimate of drug-likeness (QED) is 0.834. The maximum absolute atomic E-state index is 12.7. The average molecular weight is 326 g/mol. The van der Waals surface area contributed by atoms with Crippen molar-refractivity contribution in [3.63, 3.8) is 0 Å². The fraction of sp³-hybridized carbons (Fsp3) is 0.533. The van der Waals surface area contributed by atoms with Crippen molar-refractivity contribution >= 4 is 27.2 Å². The Morgan fingerprint density at radius 3 is 2.43 bits per heavy atom. The average Bonchev–Trinajstić information content (AvgIpc) is 2.41. The molecule has 21 heavy (non-hydrogen) atoms. The summed E-state index contributed by atoms with van der Waals surface area (Å²) in [4.78, 5) is 0.533. The van der Waals surface area contributed by atoms with E-state index in [4.69, 9.17) is 18.0 Å². The molecule has 0 spiro atoms. The minimum Gasteiger partial charge on any atom is -0.392 e. The summed E-state index contributed by atoms with van der Waals surface area (Å²) in [5.41, 5.74) is 5.80. The van der Waals surface area contributed by atoms with Gasteiger partial charge in [-0.2, -0.15) is 4.72 Å². The van der Waals surface area contributed by atoms with Crippen molar-refractivity contribution in [2.24, 2.45) is 11.7 Å². The first-order chi connectivity index (χ1) is 9.77. The number of aryl methyl sites for hydroxylation is 1. The van der Waals surface area contributed by atoms with Crippen LogP contribution < -0.4 is 10.5 Å². The second-order valence-electron chi connectivity index (χ2n) is 6.00. The van der Waals surface area contributed by atoms with E-state index in [2.05, 4.69) is 11.6 Å². The summed E-state index contributed by atoms with van der Waals surface area (Å²) < 4.78 is 28.2. The molecule has 1 saturated carbocycles. The van der Waals surface area contributed by atoms with Crippen molar-refractivity contribution in [1.29, 1.82) is 0 Å². The molecule has 1 aliphatic carbocycles. The lowest BCUT2D eigenvalue weighted by molar-refractivity contribution is 0.289. The van der Waals surface area contributed by atoms with Crippen molar-refractivity contribution in [3.05, 3.63) is 29.8 Å². The number of nitrogens with two attached hydrogens (primary N) is 1. The van der Waals surface area contributed by atoms with Crippen LogP contribution in [0.5, 0.6) is 0 Å². The maximum Gasteiger partial charge on any atom is 0.241 e. The van der Waals surface area contributed by atoms with Crippen LogP contribution in [0.1, 0.15) is 38.2 Å². The van der Waals surface area contributed by atoms with Crippen molar-refractivity contribution in [2.75, 3.05) is 0 Å². The largest absolute Gasteiger partial charge is 0.392 e. The van der Waals surface area contributed by atoms with Gasteiger partial charge in [-0.15, -0.1) is 0 Å². The highest BCUT2D eigenvalue weighted by Gasteiger charge is 2.40. The summed E-state index contributed by atoms with van der Waals surface area (Å²) in [6.45, 7) is 3.95. The predicted octanol–water partition coefficient (Wildman–Crippen LogP) is 2.51. The Bertz CT molecular complexity index is 633. The van der Waals surface area contributed by atoms with Crippen LogP contribution >= 0.6 is 12.2 Å². The van der Waals surface area contributed by atoms with E-state index in [0.717, 1.165) is 12.8 Å². The van der Waals surface area contributed by atoms with Gasteiger partial charge in [-0.05, 0) is 50.2 Å². The van der Waals surface area contributed by atoms with Gasteiger partial charge >= 0.3 is 0 Å². The molecular formula is C15H22N2O2S2. The molecular weight excluding hydrogens is 304 g/mol. The van der Waals surface area contributed by atoms with Crippen LogP contribution in [0.4, 0.5) is 0 Å². The zero-order chi connectivity index (χ0) is 15.7. The van der Waals surface area contributed by atoms with E-state index >= 15 is 0 Å². The molecule has 4 nitrogen and oxygen atoms in total. The molecule has 3 N–H and O–H groups in total. The van der Waals surface area contributed by atoms with Gasteiger partial charge in [0.1, 0.15) is 0 Å². The van der Waals surface area contributed by atoms with Gasteiger partial charge in [0.05, 0.1) is 15.4 Å². The number of nitrogens with one attached hydrogen (secondary N) is 1. The SMILES string of the molecule is Cc1ccccc1S(=O)(=O)NC1(C(N)=S)CCC(C)CC1. The molecule has 0 heterocycles.